The first kappa shape index (κ1) is 25.0. The van der Waals surface area contributed by atoms with Gasteiger partial charge in [-0.15, -0.1) is 0 Å². The summed E-state index contributed by atoms with van der Waals surface area (Å²) in [5, 5.41) is 14.2. The number of nitrogens with one attached hydrogen (secondary N) is 1. The van der Waals surface area contributed by atoms with Gasteiger partial charge in [-0.1, -0.05) is 36.6 Å². The van der Waals surface area contributed by atoms with Crippen molar-refractivity contribution < 1.29 is 18.7 Å². The highest BCUT2D eigenvalue weighted by Crippen LogP contribution is 2.37. The Morgan fingerprint density at radius 1 is 1.19 bits per heavy atom. The van der Waals surface area contributed by atoms with E-state index < -0.39 is 23.5 Å². The summed E-state index contributed by atoms with van der Waals surface area (Å²) in [6.07, 6.45) is 4.64. The first-order valence-corrected chi connectivity index (χ1v) is 12.8. The zero-order chi connectivity index (χ0) is 25.3. The fraction of sp³-hybridized carbons (Fsp3) is 0.444. The summed E-state index contributed by atoms with van der Waals surface area (Å²) in [4.78, 5) is 23.6. The molecule has 1 aromatic carbocycles. The number of aromatic nitrogens is 2. The SMILES string of the molecule is O=C(NC1CCCCC1O)c1cc(CN2CCC(F)(c3cc(Cl)ccn3)CC2)c2cccc(F)c2n1. The number of piperidine rings is 1. The lowest BCUT2D eigenvalue weighted by atomic mass is 9.89. The summed E-state index contributed by atoms with van der Waals surface area (Å²) in [7, 11) is 0. The molecule has 5 rings (SSSR count). The fourth-order valence-corrected chi connectivity index (χ4v) is 5.42. The molecule has 190 valence electrons. The molecule has 0 bridgehead atoms. The molecule has 2 unspecified atom stereocenters. The molecule has 2 aromatic heterocycles. The molecule has 2 aliphatic rings. The lowest BCUT2D eigenvalue weighted by Crippen LogP contribution is -2.45. The molecule has 2 N–H and O–H groups in total. The summed E-state index contributed by atoms with van der Waals surface area (Å²) in [6.45, 7) is 1.37. The molecule has 2 fully saturated rings. The van der Waals surface area contributed by atoms with E-state index in [-0.39, 0.29) is 30.1 Å². The van der Waals surface area contributed by atoms with Crippen LogP contribution in [0.5, 0.6) is 0 Å². The van der Waals surface area contributed by atoms with Crippen molar-refractivity contribution in [2.75, 3.05) is 13.1 Å². The number of benzene rings is 1. The van der Waals surface area contributed by atoms with Crippen LogP contribution in [-0.2, 0) is 12.2 Å². The average Bonchev–Trinajstić information content (AvgIpc) is 2.87. The van der Waals surface area contributed by atoms with Gasteiger partial charge in [0.2, 0.25) is 0 Å². The molecular formula is C27H29ClF2N4O2. The van der Waals surface area contributed by atoms with Gasteiger partial charge in [-0.05, 0) is 55.5 Å². The molecule has 3 aromatic rings. The van der Waals surface area contributed by atoms with E-state index in [4.69, 9.17) is 11.6 Å². The second-order valence-electron chi connectivity index (χ2n) is 9.84. The molecule has 1 aliphatic carbocycles. The Kier molecular flexibility index (Phi) is 7.19. The van der Waals surface area contributed by atoms with Gasteiger partial charge in [0.1, 0.15) is 17.0 Å². The standard InChI is InChI=1S/C27H29ClF2N4O2/c28-18-8-11-31-24(15-18)27(30)9-12-34(13-10-27)16-17-14-22(32-25-19(17)4-3-5-20(25)29)26(36)33-21-6-1-2-7-23(21)35/h3-5,8,11,14-15,21,23,35H,1-2,6-7,9-10,12-13,16H2,(H,33,36). The van der Waals surface area contributed by atoms with Crippen LogP contribution in [-0.4, -0.2) is 51.1 Å². The topological polar surface area (TPSA) is 78.4 Å². The quantitative estimate of drug-likeness (QED) is 0.505. The maximum absolute atomic E-state index is 15.6. The van der Waals surface area contributed by atoms with Crippen molar-refractivity contribution >= 4 is 28.4 Å². The Bertz CT molecular complexity index is 1270. The largest absolute Gasteiger partial charge is 0.391 e. The molecule has 36 heavy (non-hydrogen) atoms. The zero-order valence-corrected chi connectivity index (χ0v) is 20.6. The van der Waals surface area contributed by atoms with E-state index in [0.29, 0.717) is 48.6 Å². The van der Waals surface area contributed by atoms with Crippen molar-refractivity contribution in [3.8, 4) is 0 Å². The van der Waals surface area contributed by atoms with Crippen LogP contribution in [0.15, 0.2) is 42.6 Å². The lowest BCUT2D eigenvalue weighted by Gasteiger charge is -2.36. The second-order valence-corrected chi connectivity index (χ2v) is 10.3. The number of pyridine rings is 2. The molecule has 0 radical (unpaired) electrons. The molecule has 6 nitrogen and oxygen atoms in total. The van der Waals surface area contributed by atoms with E-state index in [9.17, 15) is 14.3 Å². The summed E-state index contributed by atoms with van der Waals surface area (Å²) < 4.78 is 30.4. The van der Waals surface area contributed by atoms with Crippen LogP contribution in [0, 0.1) is 5.82 Å². The second kappa shape index (κ2) is 10.4. The van der Waals surface area contributed by atoms with Crippen molar-refractivity contribution in [1.29, 1.82) is 0 Å². The smallest absolute Gasteiger partial charge is 0.270 e. The number of carbonyl (C=O) groups is 1. The number of aliphatic hydroxyl groups is 1. The number of carbonyl (C=O) groups excluding carboxylic acids is 1. The van der Waals surface area contributed by atoms with Crippen LogP contribution in [0.4, 0.5) is 8.78 Å². The van der Waals surface area contributed by atoms with Gasteiger partial charge in [-0.2, -0.15) is 0 Å². The number of likely N-dealkylation sites (tertiary alicyclic amines) is 1. The average molecular weight is 515 g/mol. The van der Waals surface area contributed by atoms with Gasteiger partial charge in [0.25, 0.3) is 5.91 Å². The summed E-state index contributed by atoms with van der Waals surface area (Å²) in [5.41, 5.74) is -0.222. The van der Waals surface area contributed by atoms with Crippen molar-refractivity contribution in [2.45, 2.75) is 62.9 Å². The van der Waals surface area contributed by atoms with Crippen LogP contribution in [0.3, 0.4) is 0 Å². The molecule has 2 atom stereocenters. The Morgan fingerprint density at radius 3 is 2.72 bits per heavy atom. The number of rotatable bonds is 5. The Balaban J connectivity index is 1.36. The van der Waals surface area contributed by atoms with Gasteiger partial charge in [0, 0.05) is 36.2 Å². The lowest BCUT2D eigenvalue weighted by molar-refractivity contribution is 0.0492. The number of para-hydroxylation sites is 1. The minimum absolute atomic E-state index is 0.111. The van der Waals surface area contributed by atoms with Crippen molar-refractivity contribution in [2.24, 2.45) is 0 Å². The number of hydrogen-bond donors (Lipinski definition) is 2. The highest BCUT2D eigenvalue weighted by Gasteiger charge is 2.38. The maximum atomic E-state index is 15.6. The number of nitrogens with zero attached hydrogens (tertiary/aromatic N) is 3. The number of hydrogen-bond acceptors (Lipinski definition) is 5. The minimum atomic E-state index is -1.56. The van der Waals surface area contributed by atoms with E-state index in [1.807, 2.05) is 0 Å². The highest BCUT2D eigenvalue weighted by molar-refractivity contribution is 6.30. The first-order valence-electron chi connectivity index (χ1n) is 12.4. The van der Waals surface area contributed by atoms with Crippen LogP contribution in [0.1, 0.15) is 60.3 Å². The van der Waals surface area contributed by atoms with Gasteiger partial charge >= 0.3 is 0 Å². The maximum Gasteiger partial charge on any atom is 0.270 e. The predicted octanol–water partition coefficient (Wildman–Crippen LogP) is 4.92. The van der Waals surface area contributed by atoms with Crippen LogP contribution < -0.4 is 5.32 Å². The Labute approximate surface area is 213 Å². The number of halogens is 3. The van der Waals surface area contributed by atoms with E-state index in [2.05, 4.69) is 20.2 Å². The molecule has 1 saturated carbocycles. The predicted molar refractivity (Wildman–Crippen MR) is 134 cm³/mol. The van der Waals surface area contributed by atoms with Crippen molar-refractivity contribution in [3.05, 3.63) is 70.4 Å². The Hall–Kier alpha value is -2.68. The van der Waals surface area contributed by atoms with E-state index in [1.165, 1.54) is 12.3 Å². The molecule has 1 saturated heterocycles. The summed E-state index contributed by atoms with van der Waals surface area (Å²) in [5.74, 6) is -0.935. The first-order chi connectivity index (χ1) is 17.3. The van der Waals surface area contributed by atoms with Crippen LogP contribution in [0.2, 0.25) is 5.02 Å². The third-order valence-corrected chi connectivity index (χ3v) is 7.61. The van der Waals surface area contributed by atoms with Crippen molar-refractivity contribution in [3.63, 3.8) is 0 Å². The third-order valence-electron chi connectivity index (χ3n) is 7.38. The molecule has 1 amide bonds. The minimum Gasteiger partial charge on any atom is -0.391 e. The molecule has 1 aliphatic heterocycles. The van der Waals surface area contributed by atoms with Crippen LogP contribution >= 0.6 is 11.6 Å². The van der Waals surface area contributed by atoms with Gasteiger partial charge in [0.05, 0.1) is 17.8 Å². The van der Waals surface area contributed by atoms with Gasteiger partial charge in [0.15, 0.2) is 5.67 Å². The van der Waals surface area contributed by atoms with E-state index >= 15 is 4.39 Å². The number of fused-ring (bicyclic) bond motifs is 1. The molecule has 0 spiro atoms. The zero-order valence-electron chi connectivity index (χ0n) is 19.9. The molecule has 3 heterocycles. The normalized spacial score (nSPS) is 22.4. The monoisotopic (exact) mass is 514 g/mol. The Morgan fingerprint density at radius 2 is 1.97 bits per heavy atom. The number of aliphatic hydroxyl groups excluding tert-OH is 1. The van der Waals surface area contributed by atoms with Gasteiger partial charge in [-0.3, -0.25) is 14.7 Å². The van der Waals surface area contributed by atoms with Crippen LogP contribution in [0.25, 0.3) is 10.9 Å². The van der Waals surface area contributed by atoms with Gasteiger partial charge in [-0.25, -0.2) is 13.8 Å². The number of alkyl halides is 1. The fourth-order valence-electron chi connectivity index (χ4n) is 5.27. The molecular weight excluding hydrogens is 486 g/mol. The third kappa shape index (κ3) is 5.21. The highest BCUT2D eigenvalue weighted by atomic mass is 35.5. The van der Waals surface area contributed by atoms with E-state index in [0.717, 1.165) is 18.4 Å². The summed E-state index contributed by atoms with van der Waals surface area (Å²) >= 11 is 6.04. The van der Waals surface area contributed by atoms with E-state index in [1.54, 1.807) is 30.3 Å². The molecule has 9 heteroatoms. The number of amides is 1. The summed E-state index contributed by atoms with van der Waals surface area (Å²) in [6, 6.07) is 9.27. The van der Waals surface area contributed by atoms with Crippen molar-refractivity contribution in [1.82, 2.24) is 20.2 Å². The van der Waals surface area contributed by atoms with Gasteiger partial charge < -0.3 is 10.4 Å².